The van der Waals surface area contributed by atoms with Crippen LogP contribution in [0.15, 0.2) is 21.7 Å². The highest BCUT2D eigenvalue weighted by Gasteiger charge is 2.11. The number of aryl methyl sites for hydroxylation is 1. The van der Waals surface area contributed by atoms with Gasteiger partial charge < -0.3 is 9.47 Å². The Balaban J connectivity index is 2.39. The van der Waals surface area contributed by atoms with Crippen molar-refractivity contribution in [2.24, 2.45) is 5.10 Å². The van der Waals surface area contributed by atoms with E-state index in [2.05, 4.69) is 38.2 Å². The summed E-state index contributed by atoms with van der Waals surface area (Å²) in [5.41, 5.74) is 0.781. The number of nitrogens with zero attached hydrogens (tertiary/aromatic N) is 3. The van der Waals surface area contributed by atoms with Gasteiger partial charge in [0.15, 0.2) is 17.3 Å². The Hall–Kier alpha value is -1.67. The normalized spacial score (nSPS) is 11.1. The molecular weight excluding hydrogens is 380 g/mol. The second-order valence-electron chi connectivity index (χ2n) is 4.84. The second-order valence-corrected chi connectivity index (χ2v) is 6.14. The Morgan fingerprint density at radius 1 is 1.39 bits per heavy atom. The van der Waals surface area contributed by atoms with E-state index in [1.807, 2.05) is 12.1 Å². The van der Waals surface area contributed by atoms with Crippen LogP contribution in [0.5, 0.6) is 11.5 Å². The first-order chi connectivity index (χ1) is 11.1. The van der Waals surface area contributed by atoms with Crippen molar-refractivity contribution < 1.29 is 9.47 Å². The lowest BCUT2D eigenvalue weighted by molar-refractivity contribution is 0.354. The maximum atomic E-state index is 5.42. The average Bonchev–Trinajstić information content (AvgIpc) is 2.90. The zero-order valence-electron chi connectivity index (χ0n) is 13.3. The molecule has 1 heterocycles. The number of rotatable bonds is 7. The fourth-order valence-electron chi connectivity index (χ4n) is 2.11. The molecule has 6 nitrogen and oxygen atoms in total. The number of halogens is 1. The zero-order valence-corrected chi connectivity index (χ0v) is 15.7. The first-order valence-corrected chi connectivity index (χ1v) is 8.43. The lowest BCUT2D eigenvalue weighted by Crippen LogP contribution is -2.01. The van der Waals surface area contributed by atoms with Crippen LogP contribution in [0.2, 0.25) is 0 Å². The van der Waals surface area contributed by atoms with Gasteiger partial charge in [-0.15, -0.1) is 0 Å². The largest absolute Gasteiger partial charge is 0.493 e. The van der Waals surface area contributed by atoms with Gasteiger partial charge in [-0.3, -0.25) is 5.10 Å². The van der Waals surface area contributed by atoms with Crippen LogP contribution in [-0.2, 0) is 6.42 Å². The van der Waals surface area contributed by atoms with Gasteiger partial charge in [0.05, 0.1) is 20.4 Å². The number of hydrogen-bond acceptors (Lipinski definition) is 5. The summed E-state index contributed by atoms with van der Waals surface area (Å²) in [6.45, 7) is 2.13. The van der Waals surface area contributed by atoms with Gasteiger partial charge in [0.1, 0.15) is 0 Å². The molecule has 0 aliphatic carbocycles. The highest BCUT2D eigenvalue weighted by molar-refractivity contribution is 9.10. The first-order valence-electron chi connectivity index (χ1n) is 7.22. The van der Waals surface area contributed by atoms with Gasteiger partial charge in [-0.1, -0.05) is 29.3 Å². The average molecular weight is 399 g/mol. The third kappa shape index (κ3) is 4.20. The molecule has 0 saturated heterocycles. The number of nitrogens with one attached hydrogen (secondary N) is 1. The topological polar surface area (TPSA) is 64.4 Å². The van der Waals surface area contributed by atoms with Crippen LogP contribution >= 0.6 is 28.1 Å². The number of methoxy groups -OCH3 is 2. The third-order valence-electron chi connectivity index (χ3n) is 3.26. The molecule has 2 aromatic rings. The van der Waals surface area contributed by atoms with Crippen molar-refractivity contribution in [3.8, 4) is 11.5 Å². The minimum absolute atomic E-state index is 0.466. The van der Waals surface area contributed by atoms with Gasteiger partial charge >= 0.3 is 0 Å². The smallest absolute Gasteiger partial charge is 0.216 e. The first kappa shape index (κ1) is 17.7. The van der Waals surface area contributed by atoms with Crippen molar-refractivity contribution in [3.05, 3.63) is 32.8 Å². The maximum Gasteiger partial charge on any atom is 0.216 e. The van der Waals surface area contributed by atoms with Crippen LogP contribution in [0.25, 0.3) is 0 Å². The molecule has 0 aliphatic rings. The van der Waals surface area contributed by atoms with Crippen LogP contribution in [0, 0.1) is 4.77 Å². The van der Waals surface area contributed by atoms with E-state index < -0.39 is 0 Å². The number of aromatic nitrogens is 3. The molecule has 0 amide bonds. The molecule has 1 aromatic carbocycles. The summed E-state index contributed by atoms with van der Waals surface area (Å²) in [6, 6.07) is 3.74. The fraction of sp³-hybridized carbons (Fsp3) is 0.400. The minimum Gasteiger partial charge on any atom is -0.493 e. The minimum atomic E-state index is 0.466. The third-order valence-corrected chi connectivity index (χ3v) is 3.98. The summed E-state index contributed by atoms with van der Waals surface area (Å²) < 4.78 is 13.7. The Morgan fingerprint density at radius 3 is 2.83 bits per heavy atom. The Labute approximate surface area is 148 Å². The Kier molecular flexibility index (Phi) is 6.35. The summed E-state index contributed by atoms with van der Waals surface area (Å²) in [5.74, 6) is 2.06. The van der Waals surface area contributed by atoms with Crippen LogP contribution in [0.4, 0.5) is 0 Å². The van der Waals surface area contributed by atoms with Crippen LogP contribution in [-0.4, -0.2) is 35.3 Å². The molecule has 1 aromatic heterocycles. The standard InChI is InChI=1S/C15H19BrN4O2S/c1-4-5-6-13-18-19-15(23)20(13)17-9-10-7-11(16)8-12(21-2)14(10)22-3/h7-9H,4-6H2,1-3H3,(H,19,23)/b17-9-. The van der Waals surface area contributed by atoms with Crippen molar-refractivity contribution in [3.63, 3.8) is 0 Å². The summed E-state index contributed by atoms with van der Waals surface area (Å²) in [5, 5.41) is 11.5. The van der Waals surface area contributed by atoms with E-state index in [1.54, 1.807) is 25.1 Å². The van der Waals surface area contributed by atoms with E-state index in [0.717, 1.165) is 35.1 Å². The van der Waals surface area contributed by atoms with Crippen molar-refractivity contribution in [2.45, 2.75) is 26.2 Å². The van der Waals surface area contributed by atoms with Gasteiger partial charge in [-0.2, -0.15) is 14.9 Å². The van der Waals surface area contributed by atoms with Crippen molar-refractivity contribution in [1.29, 1.82) is 0 Å². The van der Waals surface area contributed by atoms with E-state index in [4.69, 9.17) is 21.7 Å². The number of aromatic amines is 1. The highest BCUT2D eigenvalue weighted by Crippen LogP contribution is 2.33. The summed E-state index contributed by atoms with van der Waals surface area (Å²) in [4.78, 5) is 0. The van der Waals surface area contributed by atoms with Gasteiger partial charge in [-0.05, 0) is 30.8 Å². The molecule has 0 aliphatic heterocycles. The molecule has 0 spiro atoms. The van der Waals surface area contributed by atoms with Crippen LogP contribution in [0.3, 0.4) is 0 Å². The Bertz CT molecular complexity index is 754. The number of hydrogen-bond donors (Lipinski definition) is 1. The molecule has 124 valence electrons. The van der Waals surface area contributed by atoms with E-state index in [1.165, 1.54) is 0 Å². The SMILES string of the molecule is CCCCc1n[nH]c(=S)n1/N=C\c1cc(Br)cc(OC)c1OC. The Morgan fingerprint density at radius 2 is 2.17 bits per heavy atom. The summed E-state index contributed by atoms with van der Waals surface area (Å²) in [7, 11) is 3.19. The van der Waals surface area contributed by atoms with Crippen molar-refractivity contribution in [2.75, 3.05) is 14.2 Å². The van der Waals surface area contributed by atoms with E-state index in [-0.39, 0.29) is 0 Å². The van der Waals surface area contributed by atoms with E-state index in [0.29, 0.717) is 16.3 Å². The van der Waals surface area contributed by atoms with Crippen molar-refractivity contribution >= 4 is 34.4 Å². The number of benzene rings is 1. The molecule has 0 saturated carbocycles. The summed E-state index contributed by atoms with van der Waals surface area (Å²) >= 11 is 8.70. The molecule has 1 N–H and O–H groups in total. The predicted molar refractivity (Wildman–Crippen MR) is 96.3 cm³/mol. The van der Waals surface area contributed by atoms with Gasteiger partial charge in [-0.25, -0.2) is 0 Å². The molecule has 0 radical (unpaired) electrons. The zero-order chi connectivity index (χ0) is 16.8. The van der Waals surface area contributed by atoms with Crippen LogP contribution in [0.1, 0.15) is 31.2 Å². The van der Waals surface area contributed by atoms with Crippen molar-refractivity contribution in [1.82, 2.24) is 14.9 Å². The lowest BCUT2D eigenvalue weighted by atomic mass is 10.2. The molecule has 8 heteroatoms. The fourth-order valence-corrected chi connectivity index (χ4v) is 2.77. The number of unbranched alkanes of at least 4 members (excludes halogenated alkanes) is 1. The molecular formula is C15H19BrN4O2S. The predicted octanol–water partition coefficient (Wildman–Crippen LogP) is 3.95. The van der Waals surface area contributed by atoms with Gasteiger partial charge in [0.2, 0.25) is 4.77 Å². The molecule has 0 fully saturated rings. The van der Waals surface area contributed by atoms with Gasteiger partial charge in [0, 0.05) is 16.5 Å². The van der Waals surface area contributed by atoms with Gasteiger partial charge in [0.25, 0.3) is 0 Å². The monoisotopic (exact) mass is 398 g/mol. The molecule has 0 bridgehead atoms. The lowest BCUT2D eigenvalue weighted by Gasteiger charge is -2.10. The molecule has 2 rings (SSSR count). The second kappa shape index (κ2) is 8.26. The van der Waals surface area contributed by atoms with E-state index in [9.17, 15) is 0 Å². The molecule has 0 atom stereocenters. The van der Waals surface area contributed by atoms with Crippen LogP contribution < -0.4 is 9.47 Å². The highest BCUT2D eigenvalue weighted by atomic mass is 79.9. The number of H-pyrrole nitrogens is 1. The number of ether oxygens (including phenoxy) is 2. The maximum absolute atomic E-state index is 5.42. The quantitative estimate of drug-likeness (QED) is 0.566. The molecule has 0 unspecified atom stereocenters. The summed E-state index contributed by atoms with van der Waals surface area (Å²) in [6.07, 6.45) is 4.62. The van der Waals surface area contributed by atoms with E-state index >= 15 is 0 Å². The molecule has 23 heavy (non-hydrogen) atoms.